The molecule has 0 saturated heterocycles. The van der Waals surface area contributed by atoms with Gasteiger partial charge in [0.2, 0.25) is 5.91 Å². The van der Waals surface area contributed by atoms with Gasteiger partial charge in [0.05, 0.1) is 10.9 Å². The van der Waals surface area contributed by atoms with Crippen LogP contribution in [0.25, 0.3) is 0 Å². The van der Waals surface area contributed by atoms with Crippen LogP contribution in [-0.2, 0) is 4.79 Å². The molecule has 2 aromatic carbocycles. The third-order valence-corrected chi connectivity index (χ3v) is 3.17. The summed E-state index contributed by atoms with van der Waals surface area (Å²) >= 11 is 5.67. The molecule has 0 spiro atoms. The molecule has 0 aliphatic carbocycles. The predicted molar refractivity (Wildman–Crippen MR) is 74.9 cm³/mol. The molecule has 0 fully saturated rings. The Morgan fingerprint density at radius 1 is 1.21 bits per heavy atom. The maximum atomic E-state index is 13.0. The van der Waals surface area contributed by atoms with Crippen molar-refractivity contribution in [3.05, 3.63) is 64.9 Å². The Bertz CT molecular complexity index is 586. The highest BCUT2D eigenvalue weighted by Gasteiger charge is 2.15. The summed E-state index contributed by atoms with van der Waals surface area (Å²) in [6.45, 7) is 1.82. The standard InChI is InChI=1S/C15H13ClFNO/c1-10(11-5-3-2-4-6-11)15(19)18-12-7-8-14(17)13(16)9-12/h2-10H,1H3,(H,18,19)/t10-/m1/s1. The van der Waals surface area contributed by atoms with Crippen LogP contribution >= 0.6 is 11.6 Å². The van der Waals surface area contributed by atoms with Gasteiger partial charge in [0.25, 0.3) is 0 Å². The number of rotatable bonds is 3. The molecule has 0 saturated carbocycles. The number of halogens is 2. The van der Waals surface area contributed by atoms with Crippen molar-refractivity contribution in [2.75, 3.05) is 5.32 Å². The first-order chi connectivity index (χ1) is 9.08. The van der Waals surface area contributed by atoms with Crippen LogP contribution in [0.15, 0.2) is 48.5 Å². The summed E-state index contributed by atoms with van der Waals surface area (Å²) in [7, 11) is 0. The van der Waals surface area contributed by atoms with Crippen LogP contribution in [-0.4, -0.2) is 5.91 Å². The van der Waals surface area contributed by atoms with Crippen LogP contribution in [0.3, 0.4) is 0 Å². The number of amides is 1. The number of carbonyl (C=O) groups is 1. The zero-order valence-electron chi connectivity index (χ0n) is 10.4. The summed E-state index contributed by atoms with van der Waals surface area (Å²) in [6, 6.07) is 13.5. The maximum absolute atomic E-state index is 13.0. The van der Waals surface area contributed by atoms with Crippen molar-refractivity contribution < 1.29 is 9.18 Å². The second-order valence-corrected chi connectivity index (χ2v) is 4.66. The molecule has 2 aromatic rings. The lowest BCUT2D eigenvalue weighted by Gasteiger charge is -2.12. The molecule has 2 nitrogen and oxygen atoms in total. The van der Waals surface area contributed by atoms with Crippen LogP contribution < -0.4 is 5.32 Å². The Hall–Kier alpha value is -1.87. The Balaban J connectivity index is 2.10. The Morgan fingerprint density at radius 2 is 1.89 bits per heavy atom. The number of hydrogen-bond acceptors (Lipinski definition) is 1. The third kappa shape index (κ3) is 3.32. The second-order valence-electron chi connectivity index (χ2n) is 4.25. The van der Waals surface area contributed by atoms with Crippen molar-refractivity contribution in [2.24, 2.45) is 0 Å². The fourth-order valence-electron chi connectivity index (χ4n) is 1.72. The van der Waals surface area contributed by atoms with Gasteiger partial charge in [0, 0.05) is 5.69 Å². The molecule has 19 heavy (non-hydrogen) atoms. The Labute approximate surface area is 116 Å². The second kappa shape index (κ2) is 5.85. The average Bonchev–Trinajstić information content (AvgIpc) is 2.43. The molecule has 0 unspecified atom stereocenters. The fourth-order valence-corrected chi connectivity index (χ4v) is 1.90. The maximum Gasteiger partial charge on any atom is 0.231 e. The molecule has 0 radical (unpaired) electrons. The molecular weight excluding hydrogens is 265 g/mol. The van der Waals surface area contributed by atoms with E-state index in [4.69, 9.17) is 11.6 Å². The normalized spacial score (nSPS) is 11.9. The van der Waals surface area contributed by atoms with Gasteiger partial charge in [-0.2, -0.15) is 0 Å². The number of benzene rings is 2. The minimum Gasteiger partial charge on any atom is -0.326 e. The zero-order valence-corrected chi connectivity index (χ0v) is 11.1. The highest BCUT2D eigenvalue weighted by Crippen LogP contribution is 2.21. The van der Waals surface area contributed by atoms with Gasteiger partial charge in [-0.05, 0) is 30.7 Å². The van der Waals surface area contributed by atoms with E-state index >= 15 is 0 Å². The number of nitrogens with one attached hydrogen (secondary N) is 1. The van der Waals surface area contributed by atoms with Crippen LogP contribution in [0.5, 0.6) is 0 Å². The molecule has 4 heteroatoms. The van der Waals surface area contributed by atoms with E-state index < -0.39 is 5.82 Å². The Morgan fingerprint density at radius 3 is 2.53 bits per heavy atom. The number of carbonyl (C=O) groups excluding carboxylic acids is 1. The third-order valence-electron chi connectivity index (χ3n) is 2.88. The minimum absolute atomic E-state index is 0.00911. The van der Waals surface area contributed by atoms with Crippen molar-refractivity contribution >= 4 is 23.2 Å². The van der Waals surface area contributed by atoms with E-state index in [1.54, 1.807) is 0 Å². The van der Waals surface area contributed by atoms with Crippen LogP contribution in [0.2, 0.25) is 5.02 Å². The van der Waals surface area contributed by atoms with Gasteiger partial charge in [-0.1, -0.05) is 41.9 Å². The van der Waals surface area contributed by atoms with Crippen molar-refractivity contribution in [3.8, 4) is 0 Å². The van der Waals surface area contributed by atoms with Crippen LogP contribution in [0.1, 0.15) is 18.4 Å². The fraction of sp³-hybridized carbons (Fsp3) is 0.133. The highest BCUT2D eigenvalue weighted by molar-refractivity contribution is 6.31. The molecule has 0 aliphatic heterocycles. The summed E-state index contributed by atoms with van der Waals surface area (Å²) in [6.07, 6.45) is 0. The minimum atomic E-state index is -0.504. The lowest BCUT2D eigenvalue weighted by atomic mass is 10.0. The first kappa shape index (κ1) is 13.6. The molecule has 98 valence electrons. The Kier molecular flexibility index (Phi) is 4.17. The van der Waals surface area contributed by atoms with E-state index in [0.717, 1.165) is 5.56 Å². The smallest absolute Gasteiger partial charge is 0.231 e. The van der Waals surface area contributed by atoms with Crippen LogP contribution in [0.4, 0.5) is 10.1 Å². The molecule has 1 amide bonds. The van der Waals surface area contributed by atoms with Crippen molar-refractivity contribution in [2.45, 2.75) is 12.8 Å². The topological polar surface area (TPSA) is 29.1 Å². The van der Waals surface area contributed by atoms with Gasteiger partial charge in [0.1, 0.15) is 5.82 Å². The van der Waals surface area contributed by atoms with E-state index in [1.807, 2.05) is 37.3 Å². The van der Waals surface area contributed by atoms with E-state index in [2.05, 4.69) is 5.32 Å². The summed E-state index contributed by atoms with van der Waals surface area (Å²) in [4.78, 5) is 12.1. The lowest BCUT2D eigenvalue weighted by molar-refractivity contribution is -0.117. The van der Waals surface area contributed by atoms with Gasteiger partial charge in [-0.15, -0.1) is 0 Å². The SMILES string of the molecule is C[C@@H](C(=O)Nc1ccc(F)c(Cl)c1)c1ccccc1. The molecule has 0 bridgehead atoms. The predicted octanol–water partition coefficient (Wildman–Crippen LogP) is 4.22. The average molecular weight is 278 g/mol. The summed E-state index contributed by atoms with van der Waals surface area (Å²) < 4.78 is 13.0. The largest absolute Gasteiger partial charge is 0.326 e. The summed E-state index contributed by atoms with van der Waals surface area (Å²) in [5.41, 5.74) is 1.41. The van der Waals surface area contributed by atoms with Crippen molar-refractivity contribution in [1.29, 1.82) is 0 Å². The first-order valence-electron chi connectivity index (χ1n) is 5.89. The molecular formula is C15H13ClFNO. The zero-order chi connectivity index (χ0) is 13.8. The van der Waals surface area contributed by atoms with E-state index in [1.165, 1.54) is 18.2 Å². The summed E-state index contributed by atoms with van der Waals surface area (Å²) in [5.74, 6) is -0.949. The molecule has 2 rings (SSSR count). The van der Waals surface area contributed by atoms with Crippen molar-refractivity contribution in [1.82, 2.24) is 0 Å². The van der Waals surface area contributed by atoms with E-state index in [-0.39, 0.29) is 16.8 Å². The monoisotopic (exact) mass is 277 g/mol. The number of hydrogen-bond donors (Lipinski definition) is 1. The van der Waals surface area contributed by atoms with Gasteiger partial charge < -0.3 is 5.32 Å². The van der Waals surface area contributed by atoms with Crippen molar-refractivity contribution in [3.63, 3.8) is 0 Å². The van der Waals surface area contributed by atoms with E-state index in [0.29, 0.717) is 5.69 Å². The quantitative estimate of drug-likeness (QED) is 0.894. The van der Waals surface area contributed by atoms with Gasteiger partial charge >= 0.3 is 0 Å². The molecule has 0 aliphatic rings. The van der Waals surface area contributed by atoms with E-state index in [9.17, 15) is 9.18 Å². The summed E-state index contributed by atoms with van der Waals surface area (Å²) in [5, 5.41) is 2.71. The van der Waals surface area contributed by atoms with Crippen LogP contribution in [0, 0.1) is 5.82 Å². The van der Waals surface area contributed by atoms with Gasteiger partial charge in [-0.25, -0.2) is 4.39 Å². The van der Waals surface area contributed by atoms with Gasteiger partial charge in [-0.3, -0.25) is 4.79 Å². The number of anilines is 1. The molecule has 0 heterocycles. The first-order valence-corrected chi connectivity index (χ1v) is 6.26. The molecule has 1 atom stereocenters. The highest BCUT2D eigenvalue weighted by atomic mass is 35.5. The molecule has 1 N–H and O–H groups in total. The van der Waals surface area contributed by atoms with Gasteiger partial charge in [0.15, 0.2) is 0 Å². The lowest BCUT2D eigenvalue weighted by Crippen LogP contribution is -2.18. The molecule has 0 aromatic heterocycles.